The number of nitrogens with zero attached hydrogens (tertiary/aromatic N) is 5. The van der Waals surface area contributed by atoms with Gasteiger partial charge in [0, 0.05) is 44.8 Å². The van der Waals surface area contributed by atoms with Crippen LogP contribution in [0.4, 0.5) is 0 Å². The zero-order valence-corrected chi connectivity index (χ0v) is 15.4. The second-order valence-electron chi connectivity index (χ2n) is 6.94. The molecule has 0 aromatic carbocycles. The van der Waals surface area contributed by atoms with E-state index in [-0.39, 0.29) is 18.1 Å². The summed E-state index contributed by atoms with van der Waals surface area (Å²) in [6.45, 7) is 5.93. The number of fused-ring (bicyclic) bond motifs is 1. The standard InChI is InChI=1S/C18H26N6O2/c1-3-23-9-10-26-15(16(23)17-19-6-8-22(17)2)12-20-18(25)14-11-13-5-4-7-24(13)21-14/h6,8,11,15-16H,3-5,7,9-10,12H2,1-2H3,(H,20,25)/t15-,16+/m0/s1. The zero-order chi connectivity index (χ0) is 18.1. The second kappa shape index (κ2) is 7.20. The number of ether oxygens (including phenoxy) is 1. The first-order chi connectivity index (χ1) is 12.7. The first-order valence-electron chi connectivity index (χ1n) is 9.35. The third kappa shape index (κ3) is 3.14. The number of rotatable bonds is 5. The van der Waals surface area contributed by atoms with E-state index < -0.39 is 0 Å². The van der Waals surface area contributed by atoms with Gasteiger partial charge in [0.1, 0.15) is 11.5 Å². The van der Waals surface area contributed by atoms with E-state index in [9.17, 15) is 4.79 Å². The normalized spacial score (nSPS) is 23.2. The summed E-state index contributed by atoms with van der Waals surface area (Å²) in [4.78, 5) is 19.4. The van der Waals surface area contributed by atoms with Crippen LogP contribution in [-0.4, -0.2) is 62.5 Å². The van der Waals surface area contributed by atoms with E-state index in [2.05, 4.69) is 27.2 Å². The van der Waals surface area contributed by atoms with Crippen LogP contribution in [0.5, 0.6) is 0 Å². The fourth-order valence-corrected chi connectivity index (χ4v) is 3.96. The van der Waals surface area contributed by atoms with E-state index in [1.807, 2.05) is 28.6 Å². The predicted octanol–water partition coefficient (Wildman–Crippen LogP) is 0.755. The lowest BCUT2D eigenvalue weighted by atomic mass is 10.1. The molecule has 1 saturated heterocycles. The smallest absolute Gasteiger partial charge is 0.271 e. The van der Waals surface area contributed by atoms with Crippen molar-refractivity contribution in [1.82, 2.24) is 29.5 Å². The van der Waals surface area contributed by atoms with Crippen molar-refractivity contribution in [1.29, 1.82) is 0 Å². The van der Waals surface area contributed by atoms with Crippen molar-refractivity contribution in [3.05, 3.63) is 35.7 Å². The van der Waals surface area contributed by atoms with E-state index in [1.165, 1.54) is 0 Å². The molecule has 2 aliphatic rings. The third-order valence-corrected chi connectivity index (χ3v) is 5.35. The van der Waals surface area contributed by atoms with Gasteiger partial charge in [0.2, 0.25) is 0 Å². The molecule has 140 valence electrons. The van der Waals surface area contributed by atoms with Crippen LogP contribution in [0.2, 0.25) is 0 Å². The SMILES string of the molecule is CCN1CCO[C@@H](CNC(=O)c2cc3n(n2)CCC3)[C@@H]1c1nccn1C. The van der Waals surface area contributed by atoms with Gasteiger partial charge in [-0.3, -0.25) is 14.4 Å². The number of amides is 1. The number of likely N-dealkylation sites (N-methyl/N-ethyl adjacent to an activating group) is 1. The molecule has 26 heavy (non-hydrogen) atoms. The lowest BCUT2D eigenvalue weighted by Gasteiger charge is -2.40. The average molecular weight is 358 g/mol. The number of morpholine rings is 1. The topological polar surface area (TPSA) is 77.2 Å². The number of carbonyl (C=O) groups is 1. The Bertz CT molecular complexity index is 761. The first kappa shape index (κ1) is 17.2. The first-order valence-corrected chi connectivity index (χ1v) is 9.35. The fourth-order valence-electron chi connectivity index (χ4n) is 3.96. The molecule has 1 amide bonds. The zero-order valence-electron chi connectivity index (χ0n) is 15.4. The van der Waals surface area contributed by atoms with E-state index in [0.717, 1.165) is 44.0 Å². The summed E-state index contributed by atoms with van der Waals surface area (Å²) >= 11 is 0. The van der Waals surface area contributed by atoms with Gasteiger partial charge in [0.15, 0.2) is 0 Å². The molecule has 0 spiro atoms. The van der Waals surface area contributed by atoms with E-state index in [4.69, 9.17) is 4.74 Å². The summed E-state index contributed by atoms with van der Waals surface area (Å²) < 4.78 is 9.97. The number of imidazole rings is 1. The number of aryl methyl sites for hydroxylation is 3. The van der Waals surface area contributed by atoms with Gasteiger partial charge in [-0.15, -0.1) is 0 Å². The molecule has 1 fully saturated rings. The largest absolute Gasteiger partial charge is 0.373 e. The van der Waals surface area contributed by atoms with Crippen molar-refractivity contribution in [2.75, 3.05) is 26.2 Å². The Hall–Kier alpha value is -2.19. The summed E-state index contributed by atoms with van der Waals surface area (Å²) in [5.41, 5.74) is 1.64. The summed E-state index contributed by atoms with van der Waals surface area (Å²) in [5.74, 6) is 0.828. The number of nitrogens with one attached hydrogen (secondary N) is 1. The molecular weight excluding hydrogens is 332 g/mol. The lowest BCUT2D eigenvalue weighted by molar-refractivity contribution is -0.0720. The van der Waals surface area contributed by atoms with Crippen molar-refractivity contribution in [3.8, 4) is 0 Å². The molecule has 8 nitrogen and oxygen atoms in total. The molecule has 4 heterocycles. The van der Waals surface area contributed by atoms with Crippen LogP contribution < -0.4 is 5.32 Å². The number of hydrogen-bond acceptors (Lipinski definition) is 5. The third-order valence-electron chi connectivity index (χ3n) is 5.35. The Balaban J connectivity index is 1.46. The van der Waals surface area contributed by atoms with Crippen LogP contribution in [0.15, 0.2) is 18.5 Å². The Morgan fingerprint density at radius 2 is 2.31 bits per heavy atom. The van der Waals surface area contributed by atoms with E-state index in [1.54, 1.807) is 6.20 Å². The van der Waals surface area contributed by atoms with Gasteiger partial charge in [-0.2, -0.15) is 5.10 Å². The molecule has 4 rings (SSSR count). The fraction of sp³-hybridized carbons (Fsp3) is 0.611. The van der Waals surface area contributed by atoms with Crippen LogP contribution in [0.25, 0.3) is 0 Å². The number of hydrogen-bond donors (Lipinski definition) is 1. The molecule has 2 aromatic rings. The van der Waals surface area contributed by atoms with Gasteiger partial charge in [0.05, 0.1) is 18.8 Å². The molecule has 0 saturated carbocycles. The Morgan fingerprint density at radius 1 is 1.42 bits per heavy atom. The average Bonchev–Trinajstić information content (AvgIpc) is 3.35. The molecule has 1 N–H and O–H groups in total. The highest BCUT2D eigenvalue weighted by molar-refractivity contribution is 5.92. The maximum Gasteiger partial charge on any atom is 0.271 e. The maximum atomic E-state index is 12.5. The molecule has 0 bridgehead atoms. The minimum absolute atomic E-state index is 0.0288. The van der Waals surface area contributed by atoms with Gasteiger partial charge in [-0.05, 0) is 25.5 Å². The van der Waals surface area contributed by atoms with Crippen LogP contribution in [0.1, 0.15) is 41.4 Å². The molecule has 2 atom stereocenters. The molecule has 2 aromatic heterocycles. The van der Waals surface area contributed by atoms with Crippen molar-refractivity contribution in [2.24, 2.45) is 7.05 Å². The Kier molecular flexibility index (Phi) is 4.78. The van der Waals surface area contributed by atoms with Crippen molar-refractivity contribution in [3.63, 3.8) is 0 Å². The van der Waals surface area contributed by atoms with Crippen LogP contribution >= 0.6 is 0 Å². The van der Waals surface area contributed by atoms with Gasteiger partial charge < -0.3 is 14.6 Å². The summed E-state index contributed by atoms with van der Waals surface area (Å²) in [6, 6.07) is 1.93. The molecule has 0 unspecified atom stereocenters. The molecular formula is C18H26N6O2. The van der Waals surface area contributed by atoms with Gasteiger partial charge in [-0.1, -0.05) is 6.92 Å². The highest BCUT2D eigenvalue weighted by Crippen LogP contribution is 2.28. The van der Waals surface area contributed by atoms with Gasteiger partial charge in [0.25, 0.3) is 5.91 Å². The second-order valence-corrected chi connectivity index (χ2v) is 6.94. The van der Waals surface area contributed by atoms with E-state index in [0.29, 0.717) is 18.8 Å². The van der Waals surface area contributed by atoms with Crippen LogP contribution in [0.3, 0.4) is 0 Å². The van der Waals surface area contributed by atoms with Crippen molar-refractivity contribution >= 4 is 5.91 Å². The van der Waals surface area contributed by atoms with Crippen molar-refractivity contribution < 1.29 is 9.53 Å². The highest BCUT2D eigenvalue weighted by atomic mass is 16.5. The minimum atomic E-state index is -0.136. The Morgan fingerprint density at radius 3 is 3.04 bits per heavy atom. The van der Waals surface area contributed by atoms with Crippen molar-refractivity contribution in [2.45, 2.75) is 38.5 Å². The van der Waals surface area contributed by atoms with Crippen LogP contribution in [-0.2, 0) is 24.8 Å². The molecule has 0 aliphatic carbocycles. The summed E-state index contributed by atoms with van der Waals surface area (Å²) in [5, 5.41) is 7.42. The lowest BCUT2D eigenvalue weighted by Crippen LogP contribution is -2.50. The van der Waals surface area contributed by atoms with Gasteiger partial charge >= 0.3 is 0 Å². The molecule has 0 radical (unpaired) electrons. The highest BCUT2D eigenvalue weighted by Gasteiger charge is 2.35. The van der Waals surface area contributed by atoms with E-state index >= 15 is 0 Å². The quantitative estimate of drug-likeness (QED) is 0.854. The number of carbonyl (C=O) groups excluding carboxylic acids is 1. The summed E-state index contributed by atoms with van der Waals surface area (Å²) in [7, 11) is 1.99. The Labute approximate surface area is 153 Å². The minimum Gasteiger partial charge on any atom is -0.373 e. The van der Waals surface area contributed by atoms with Crippen LogP contribution in [0, 0.1) is 0 Å². The summed E-state index contributed by atoms with van der Waals surface area (Å²) in [6.07, 6.45) is 5.72. The molecule has 8 heteroatoms. The van der Waals surface area contributed by atoms with Gasteiger partial charge in [-0.25, -0.2) is 4.98 Å². The predicted molar refractivity (Wildman–Crippen MR) is 95.8 cm³/mol. The maximum absolute atomic E-state index is 12.5. The monoisotopic (exact) mass is 358 g/mol. The number of aromatic nitrogens is 4. The molecule has 2 aliphatic heterocycles.